The van der Waals surface area contributed by atoms with Gasteiger partial charge in [-0.15, -0.1) is 0 Å². The summed E-state index contributed by atoms with van der Waals surface area (Å²) in [4.78, 5) is 0.665. The Morgan fingerprint density at radius 3 is 2.41 bits per heavy atom. The summed E-state index contributed by atoms with van der Waals surface area (Å²) in [6.45, 7) is 3.16. The third kappa shape index (κ3) is 5.64. The molecule has 5 aromatic rings. The van der Waals surface area contributed by atoms with Crippen LogP contribution in [0.25, 0.3) is 16.8 Å². The van der Waals surface area contributed by atoms with E-state index >= 15 is 0 Å². The van der Waals surface area contributed by atoms with Gasteiger partial charge in [-0.05, 0) is 85.2 Å². The Hall–Kier alpha value is -3.61. The molecule has 0 spiro atoms. The van der Waals surface area contributed by atoms with Crippen molar-refractivity contribution >= 4 is 40.1 Å². The van der Waals surface area contributed by atoms with Gasteiger partial charge in [0, 0.05) is 34.8 Å². The number of nitrogens with zero attached hydrogens (tertiary/aromatic N) is 3. The Morgan fingerprint density at radius 2 is 1.71 bits per heavy atom. The molecule has 7 heteroatoms. The third-order valence-corrected chi connectivity index (χ3v) is 8.51. The van der Waals surface area contributed by atoms with Crippen LogP contribution in [0.3, 0.4) is 0 Å². The minimum atomic E-state index is 0.665. The van der Waals surface area contributed by atoms with E-state index in [9.17, 15) is 0 Å². The first kappa shape index (κ1) is 27.6. The van der Waals surface area contributed by atoms with Crippen molar-refractivity contribution in [2.45, 2.75) is 58.4 Å². The molecular weight excluding hydrogens is 548 g/mol. The molecule has 0 saturated carbocycles. The molecule has 41 heavy (non-hydrogen) atoms. The Balaban J connectivity index is 1.45. The fourth-order valence-corrected chi connectivity index (χ4v) is 6.26. The molecule has 1 aliphatic heterocycles. The number of nitrogens with one attached hydrogen (secondary N) is 1. The lowest BCUT2D eigenvalue weighted by atomic mass is 9.98. The maximum atomic E-state index is 6.30. The van der Waals surface area contributed by atoms with Gasteiger partial charge in [-0.25, -0.2) is 4.52 Å². The van der Waals surface area contributed by atoms with Crippen molar-refractivity contribution in [2.24, 2.45) is 0 Å². The van der Waals surface area contributed by atoms with Crippen LogP contribution >= 0.6 is 23.8 Å². The van der Waals surface area contributed by atoms with Crippen molar-refractivity contribution < 1.29 is 4.74 Å². The van der Waals surface area contributed by atoms with E-state index in [4.69, 9.17) is 33.7 Å². The topological polar surface area (TPSA) is 43.5 Å². The van der Waals surface area contributed by atoms with Gasteiger partial charge in [-0.1, -0.05) is 73.6 Å². The number of anilines is 1. The van der Waals surface area contributed by atoms with Crippen LogP contribution in [0, 0.1) is 0 Å². The van der Waals surface area contributed by atoms with E-state index in [0.717, 1.165) is 83.4 Å². The van der Waals surface area contributed by atoms with Crippen molar-refractivity contribution in [3.8, 4) is 16.9 Å². The number of halogens is 1. The van der Waals surface area contributed by atoms with E-state index in [1.54, 1.807) is 7.11 Å². The van der Waals surface area contributed by atoms with Gasteiger partial charge in [0.15, 0.2) is 0 Å². The van der Waals surface area contributed by atoms with Crippen LogP contribution in [0.1, 0.15) is 60.8 Å². The zero-order valence-corrected chi connectivity index (χ0v) is 25.2. The van der Waals surface area contributed by atoms with E-state index in [1.807, 2.05) is 24.3 Å². The second kappa shape index (κ2) is 12.1. The quantitative estimate of drug-likeness (QED) is 0.177. The zero-order chi connectivity index (χ0) is 28.3. The fraction of sp³-hybridized carbons (Fsp3) is 0.294. The second-order valence-corrected chi connectivity index (χ2v) is 11.6. The lowest BCUT2D eigenvalue weighted by Gasteiger charge is -2.12. The van der Waals surface area contributed by atoms with Crippen LogP contribution < -0.4 is 10.1 Å². The number of unbranched alkanes of at least 4 members (excludes halogenated alkanes) is 1. The summed E-state index contributed by atoms with van der Waals surface area (Å²) in [5.41, 5.74) is 9.16. The van der Waals surface area contributed by atoms with E-state index in [2.05, 4.69) is 69.9 Å². The summed E-state index contributed by atoms with van der Waals surface area (Å²) >= 11 is 12.4. The average Bonchev–Trinajstić information content (AvgIpc) is 3.38. The Bertz CT molecular complexity index is 1670. The first-order valence-corrected chi connectivity index (χ1v) is 15.3. The summed E-state index contributed by atoms with van der Waals surface area (Å²) in [7, 11) is 1.69. The van der Waals surface area contributed by atoms with Crippen LogP contribution in [-0.4, -0.2) is 26.3 Å². The SMILES string of the molecule is CCCCc1ccc(NC(=S)c2c(-c3ccc(Cl)cc3)c3c4n(c(Cc5ccc(OC)cc5)nn24)CCCC3)cc1. The number of thiocarbonyl (C=S) groups is 1. The number of hydrogen-bond acceptors (Lipinski definition) is 3. The number of aromatic nitrogens is 3. The number of methoxy groups -OCH3 is 1. The predicted octanol–water partition coefficient (Wildman–Crippen LogP) is 8.52. The van der Waals surface area contributed by atoms with Gasteiger partial charge < -0.3 is 14.6 Å². The summed E-state index contributed by atoms with van der Waals surface area (Å²) in [6.07, 6.45) is 7.42. The minimum absolute atomic E-state index is 0.665. The molecule has 0 aliphatic carbocycles. The van der Waals surface area contributed by atoms with Crippen LogP contribution in [-0.2, 0) is 25.8 Å². The van der Waals surface area contributed by atoms with Crippen molar-refractivity contribution in [1.82, 2.24) is 14.2 Å². The van der Waals surface area contributed by atoms with Gasteiger partial charge in [0.05, 0.1) is 7.11 Å². The highest BCUT2D eigenvalue weighted by Crippen LogP contribution is 2.38. The summed E-state index contributed by atoms with van der Waals surface area (Å²) in [5, 5.41) is 9.49. The summed E-state index contributed by atoms with van der Waals surface area (Å²) in [5.74, 6) is 1.90. The largest absolute Gasteiger partial charge is 0.497 e. The lowest BCUT2D eigenvalue weighted by molar-refractivity contribution is 0.414. The van der Waals surface area contributed by atoms with E-state index in [1.165, 1.54) is 29.5 Å². The standard InChI is InChI=1S/C34H35ClN4OS/c1-3-4-7-23-9-17-27(18-10-23)36-33(41)32-31(25-13-15-26(35)16-14-25)29-8-5-6-21-38-30(37-39(32)34(29)38)22-24-11-19-28(40-2)20-12-24/h9-20H,3-8,21-22H2,1-2H3,(H,36,41). The highest BCUT2D eigenvalue weighted by Gasteiger charge is 2.29. The van der Waals surface area contributed by atoms with Crippen molar-refractivity contribution in [3.63, 3.8) is 0 Å². The molecule has 0 atom stereocenters. The molecule has 1 N–H and O–H groups in total. The van der Waals surface area contributed by atoms with Gasteiger partial charge >= 0.3 is 0 Å². The molecule has 3 aromatic carbocycles. The number of hydrogen-bond donors (Lipinski definition) is 1. The molecule has 0 amide bonds. The molecule has 0 radical (unpaired) electrons. The Morgan fingerprint density at radius 1 is 0.976 bits per heavy atom. The highest BCUT2D eigenvalue weighted by molar-refractivity contribution is 7.81. The maximum absolute atomic E-state index is 6.30. The van der Waals surface area contributed by atoms with E-state index < -0.39 is 0 Å². The molecule has 0 unspecified atom stereocenters. The van der Waals surface area contributed by atoms with Crippen LogP contribution in [0.4, 0.5) is 5.69 Å². The first-order valence-electron chi connectivity index (χ1n) is 14.5. The van der Waals surface area contributed by atoms with Crippen LogP contribution in [0.5, 0.6) is 5.75 Å². The number of rotatable bonds is 9. The normalized spacial score (nSPS) is 12.9. The molecule has 210 valence electrons. The summed E-state index contributed by atoms with van der Waals surface area (Å²) in [6, 6.07) is 25.0. The Kier molecular flexibility index (Phi) is 8.13. The van der Waals surface area contributed by atoms with E-state index in [0.29, 0.717) is 4.99 Å². The predicted molar refractivity (Wildman–Crippen MR) is 173 cm³/mol. The van der Waals surface area contributed by atoms with Gasteiger partial charge in [0.2, 0.25) is 0 Å². The zero-order valence-electron chi connectivity index (χ0n) is 23.6. The van der Waals surface area contributed by atoms with Gasteiger partial charge in [0.25, 0.3) is 0 Å². The van der Waals surface area contributed by atoms with Crippen molar-refractivity contribution in [2.75, 3.05) is 12.4 Å². The van der Waals surface area contributed by atoms with Crippen molar-refractivity contribution in [3.05, 3.63) is 106 Å². The first-order chi connectivity index (χ1) is 20.1. The second-order valence-electron chi connectivity index (χ2n) is 10.7. The number of ether oxygens (including phenoxy) is 1. The fourth-order valence-electron chi connectivity index (χ4n) is 5.82. The summed E-state index contributed by atoms with van der Waals surface area (Å²) < 4.78 is 9.86. The molecule has 1 aliphatic rings. The maximum Gasteiger partial charge on any atom is 0.140 e. The van der Waals surface area contributed by atoms with Crippen LogP contribution in [0.15, 0.2) is 72.8 Å². The smallest absolute Gasteiger partial charge is 0.140 e. The number of aryl methyl sites for hydroxylation is 3. The van der Waals surface area contributed by atoms with Gasteiger partial charge in [-0.2, -0.15) is 5.10 Å². The molecule has 0 saturated heterocycles. The minimum Gasteiger partial charge on any atom is -0.497 e. The molecule has 0 bridgehead atoms. The molecule has 6 rings (SSSR count). The molecule has 2 aromatic heterocycles. The molecule has 5 nitrogen and oxygen atoms in total. The Labute approximate surface area is 252 Å². The molecule has 0 fully saturated rings. The lowest BCUT2D eigenvalue weighted by Crippen LogP contribution is -2.15. The third-order valence-electron chi connectivity index (χ3n) is 7.96. The van der Waals surface area contributed by atoms with Crippen LogP contribution in [0.2, 0.25) is 5.02 Å². The molecular formula is C34H35ClN4OS. The number of benzene rings is 3. The average molecular weight is 583 g/mol. The van der Waals surface area contributed by atoms with Gasteiger partial charge in [-0.3, -0.25) is 0 Å². The van der Waals surface area contributed by atoms with Gasteiger partial charge in [0.1, 0.15) is 27.9 Å². The molecule has 3 heterocycles. The van der Waals surface area contributed by atoms with E-state index in [-0.39, 0.29) is 0 Å². The highest BCUT2D eigenvalue weighted by atomic mass is 35.5. The monoisotopic (exact) mass is 582 g/mol. The van der Waals surface area contributed by atoms with Crippen molar-refractivity contribution in [1.29, 1.82) is 0 Å².